The molecule has 0 bridgehead atoms. The first kappa shape index (κ1) is 18.1. The first-order valence-electron chi connectivity index (χ1n) is 9.29. The third kappa shape index (κ3) is 3.10. The predicted octanol–water partition coefficient (Wildman–Crippen LogP) is 6.49. The van der Waals surface area contributed by atoms with Crippen LogP contribution in [0.3, 0.4) is 0 Å². The molecule has 2 nitrogen and oxygen atoms in total. The van der Waals surface area contributed by atoms with Crippen LogP contribution in [-0.4, -0.2) is 27.4 Å². The van der Waals surface area contributed by atoms with Gasteiger partial charge in [-0.1, -0.05) is 56.1 Å². The molecule has 1 aliphatic heterocycles. The van der Waals surface area contributed by atoms with E-state index in [1.165, 1.54) is 49.4 Å². The van der Waals surface area contributed by atoms with Crippen molar-refractivity contribution in [2.45, 2.75) is 77.8 Å². The molecule has 0 atom stereocenters. The molecule has 0 aromatic heterocycles. The van der Waals surface area contributed by atoms with Gasteiger partial charge in [0.25, 0.3) is 0 Å². The molecule has 0 N–H and O–H groups in total. The molecule has 132 valence electrons. The van der Waals surface area contributed by atoms with Gasteiger partial charge < -0.3 is 4.90 Å². The van der Waals surface area contributed by atoms with Gasteiger partial charge in [-0.2, -0.15) is 0 Å². The molecule has 2 aliphatic rings. The van der Waals surface area contributed by atoms with Crippen LogP contribution in [0, 0.1) is 13.8 Å². The molecule has 1 saturated heterocycles. The number of aryl methyl sites for hydroxylation is 1. The molecule has 0 unspecified atom stereocenters. The van der Waals surface area contributed by atoms with Crippen LogP contribution in [0.15, 0.2) is 17.1 Å². The maximum absolute atomic E-state index is 6.45. The topological polar surface area (TPSA) is 15.6 Å². The number of nitrogens with zero attached hydrogens (tertiary/aromatic N) is 2. The molecule has 1 aromatic rings. The summed E-state index contributed by atoms with van der Waals surface area (Å²) in [6.45, 7) is 8.76. The number of hydrogen-bond acceptors (Lipinski definition) is 2. The van der Waals surface area contributed by atoms with Gasteiger partial charge in [0, 0.05) is 16.8 Å². The van der Waals surface area contributed by atoms with Gasteiger partial charge in [0.1, 0.15) is 0 Å². The molecular weight excluding hydrogens is 336 g/mol. The van der Waals surface area contributed by atoms with Crippen molar-refractivity contribution in [1.82, 2.24) is 4.90 Å². The predicted molar refractivity (Wildman–Crippen MR) is 108 cm³/mol. The van der Waals surface area contributed by atoms with Crippen LogP contribution in [0.5, 0.6) is 0 Å². The van der Waals surface area contributed by atoms with Crippen molar-refractivity contribution in [1.29, 1.82) is 0 Å². The van der Waals surface area contributed by atoms with Gasteiger partial charge in [-0.05, 0) is 56.7 Å². The van der Waals surface area contributed by atoms with E-state index < -0.39 is 0 Å². The van der Waals surface area contributed by atoms with E-state index in [4.69, 9.17) is 16.6 Å². The number of thioether (sulfide) groups is 1. The van der Waals surface area contributed by atoms with Crippen molar-refractivity contribution in [2.75, 3.05) is 5.75 Å². The van der Waals surface area contributed by atoms with Crippen LogP contribution in [0.2, 0.25) is 5.02 Å². The molecular formula is C20H29ClN2S. The van der Waals surface area contributed by atoms with E-state index in [1.807, 2.05) is 11.8 Å². The quantitative estimate of drug-likeness (QED) is 0.606. The smallest absolute Gasteiger partial charge is 0.165 e. The Balaban J connectivity index is 2.01. The Morgan fingerprint density at radius 2 is 1.88 bits per heavy atom. The minimum atomic E-state index is 0.350. The number of benzene rings is 1. The van der Waals surface area contributed by atoms with Crippen LogP contribution < -0.4 is 0 Å². The SMILES string of the molecule is CCC(CC)N1C(=Nc2ccc(C)c(Cl)c2C)SCC12CCCC2. The summed E-state index contributed by atoms with van der Waals surface area (Å²) in [5.74, 6) is 1.20. The zero-order valence-electron chi connectivity index (χ0n) is 15.4. The van der Waals surface area contributed by atoms with E-state index in [9.17, 15) is 0 Å². The molecule has 3 rings (SSSR count). The summed E-state index contributed by atoms with van der Waals surface area (Å²) in [5.41, 5.74) is 3.60. The Hall–Kier alpha value is -0.670. The lowest BCUT2D eigenvalue weighted by atomic mass is 9.94. The van der Waals surface area contributed by atoms with Gasteiger partial charge in [0.15, 0.2) is 5.17 Å². The molecule has 0 radical (unpaired) electrons. The van der Waals surface area contributed by atoms with E-state index in [-0.39, 0.29) is 0 Å². The molecule has 1 aromatic carbocycles. The highest BCUT2D eigenvalue weighted by Gasteiger charge is 2.48. The van der Waals surface area contributed by atoms with Gasteiger partial charge in [0.05, 0.1) is 11.2 Å². The summed E-state index contributed by atoms with van der Waals surface area (Å²) < 4.78 is 0. The molecule has 4 heteroatoms. The van der Waals surface area contributed by atoms with Crippen molar-refractivity contribution in [2.24, 2.45) is 4.99 Å². The second kappa shape index (κ2) is 7.29. The molecule has 2 fully saturated rings. The van der Waals surface area contributed by atoms with Crippen LogP contribution >= 0.6 is 23.4 Å². The number of rotatable bonds is 4. The normalized spacial score (nSPS) is 21.6. The van der Waals surface area contributed by atoms with Crippen LogP contribution in [0.4, 0.5) is 5.69 Å². The van der Waals surface area contributed by atoms with Crippen molar-refractivity contribution < 1.29 is 0 Å². The highest BCUT2D eigenvalue weighted by molar-refractivity contribution is 8.14. The zero-order valence-corrected chi connectivity index (χ0v) is 16.9. The Kier molecular flexibility index (Phi) is 5.51. The summed E-state index contributed by atoms with van der Waals surface area (Å²) in [6, 6.07) is 4.80. The Morgan fingerprint density at radius 3 is 2.50 bits per heavy atom. The lowest BCUT2D eigenvalue weighted by Crippen LogP contribution is -2.50. The third-order valence-corrected chi connectivity index (χ3v) is 7.61. The van der Waals surface area contributed by atoms with Gasteiger partial charge in [-0.25, -0.2) is 4.99 Å². The molecule has 1 saturated carbocycles. The van der Waals surface area contributed by atoms with E-state index in [1.54, 1.807) is 0 Å². The van der Waals surface area contributed by atoms with Gasteiger partial charge in [-0.3, -0.25) is 0 Å². The summed E-state index contributed by atoms with van der Waals surface area (Å²) >= 11 is 8.40. The zero-order chi connectivity index (χ0) is 17.3. The van der Waals surface area contributed by atoms with Crippen molar-refractivity contribution in [3.63, 3.8) is 0 Å². The fourth-order valence-electron chi connectivity index (χ4n) is 4.28. The standard InChI is InChI=1S/C20H29ClN2S/c1-5-16(6-2)23-19(24-13-20(23)11-7-8-12-20)22-17-10-9-14(3)18(21)15(17)4/h9-10,16H,5-8,11-13H2,1-4H3. The number of amidine groups is 1. The number of halogens is 1. The number of aliphatic imine (C=N–C) groups is 1. The molecule has 24 heavy (non-hydrogen) atoms. The fraction of sp³-hybridized carbons (Fsp3) is 0.650. The fourth-order valence-corrected chi connectivity index (χ4v) is 5.91. The van der Waals surface area contributed by atoms with Crippen LogP contribution in [0.1, 0.15) is 63.5 Å². The lowest BCUT2D eigenvalue weighted by Gasteiger charge is -2.41. The molecule has 1 heterocycles. The first-order valence-corrected chi connectivity index (χ1v) is 10.7. The second-order valence-corrected chi connectivity index (χ2v) is 8.62. The van der Waals surface area contributed by atoms with Crippen molar-refractivity contribution >= 4 is 34.2 Å². The average Bonchev–Trinajstić information content (AvgIpc) is 3.19. The highest BCUT2D eigenvalue weighted by atomic mass is 35.5. The summed E-state index contributed by atoms with van der Waals surface area (Å²) in [4.78, 5) is 7.79. The lowest BCUT2D eigenvalue weighted by molar-refractivity contribution is 0.153. The third-order valence-electron chi connectivity index (χ3n) is 5.80. The van der Waals surface area contributed by atoms with Crippen molar-refractivity contribution in [3.8, 4) is 0 Å². The first-order chi connectivity index (χ1) is 11.5. The van der Waals surface area contributed by atoms with Gasteiger partial charge >= 0.3 is 0 Å². The largest absolute Gasteiger partial charge is 0.342 e. The maximum Gasteiger partial charge on any atom is 0.165 e. The Morgan fingerprint density at radius 1 is 1.21 bits per heavy atom. The minimum Gasteiger partial charge on any atom is -0.342 e. The van der Waals surface area contributed by atoms with Gasteiger partial charge in [-0.15, -0.1) is 0 Å². The summed E-state index contributed by atoms with van der Waals surface area (Å²) in [7, 11) is 0. The van der Waals surface area contributed by atoms with E-state index in [0.29, 0.717) is 11.6 Å². The molecule has 1 aliphatic carbocycles. The van der Waals surface area contributed by atoms with Crippen molar-refractivity contribution in [3.05, 3.63) is 28.3 Å². The Bertz CT molecular complexity index is 631. The summed E-state index contributed by atoms with van der Waals surface area (Å²) in [5, 5.41) is 2.07. The second-order valence-electron chi connectivity index (χ2n) is 7.30. The van der Waals surface area contributed by atoms with E-state index in [0.717, 1.165) is 21.8 Å². The van der Waals surface area contributed by atoms with E-state index >= 15 is 0 Å². The van der Waals surface area contributed by atoms with Crippen LogP contribution in [0.25, 0.3) is 0 Å². The summed E-state index contributed by atoms with van der Waals surface area (Å²) in [6.07, 6.45) is 7.74. The maximum atomic E-state index is 6.45. The molecule has 0 amide bonds. The highest BCUT2D eigenvalue weighted by Crippen LogP contribution is 2.47. The van der Waals surface area contributed by atoms with Gasteiger partial charge in [0.2, 0.25) is 0 Å². The van der Waals surface area contributed by atoms with Crippen LogP contribution in [-0.2, 0) is 0 Å². The minimum absolute atomic E-state index is 0.350. The van der Waals surface area contributed by atoms with E-state index in [2.05, 4.69) is 44.7 Å². The average molecular weight is 365 g/mol. The Labute approximate surface area is 156 Å². The molecule has 1 spiro atoms. The number of hydrogen-bond donors (Lipinski definition) is 0. The monoisotopic (exact) mass is 364 g/mol.